The van der Waals surface area contributed by atoms with Crippen LogP contribution in [0.5, 0.6) is 11.5 Å². The molecule has 2 heterocycles. The van der Waals surface area contributed by atoms with E-state index >= 15 is 0 Å². The molecule has 0 fully saturated rings. The van der Waals surface area contributed by atoms with Crippen molar-refractivity contribution in [1.82, 2.24) is 9.78 Å². The highest BCUT2D eigenvalue weighted by molar-refractivity contribution is 6.32. The highest BCUT2D eigenvalue weighted by Gasteiger charge is 2.38. The summed E-state index contributed by atoms with van der Waals surface area (Å²) in [5, 5.41) is 5.64. The number of carbonyl (C=O) groups is 2. The Kier molecular flexibility index (Phi) is 5.10. The molecular weight excluding hydrogens is 439 g/mol. The topological polar surface area (TPSA) is 82.5 Å². The maximum Gasteiger partial charge on any atom is 0.436 e. The largest absolute Gasteiger partial charge is 0.454 e. The number of fused-ring (bicyclic) bond motifs is 1. The summed E-state index contributed by atoms with van der Waals surface area (Å²) in [6.07, 6.45) is -4.16. The SMILES string of the molecule is Cc1c(Cl)c(C(F)(F)F)nn1-c1cccc(C(=O)Nc2cc3c(cc2C=O)OCO3)c1. The second-order valence-corrected chi connectivity index (χ2v) is 6.95. The molecule has 0 aliphatic carbocycles. The van der Waals surface area contributed by atoms with Gasteiger partial charge in [0.25, 0.3) is 5.91 Å². The van der Waals surface area contributed by atoms with E-state index in [4.69, 9.17) is 21.1 Å². The van der Waals surface area contributed by atoms with Crippen LogP contribution in [0.3, 0.4) is 0 Å². The minimum Gasteiger partial charge on any atom is -0.454 e. The Hall–Kier alpha value is -3.53. The van der Waals surface area contributed by atoms with Gasteiger partial charge in [-0.3, -0.25) is 9.59 Å². The average molecular weight is 452 g/mol. The lowest BCUT2D eigenvalue weighted by molar-refractivity contribution is -0.141. The van der Waals surface area contributed by atoms with Crippen LogP contribution >= 0.6 is 11.6 Å². The monoisotopic (exact) mass is 451 g/mol. The summed E-state index contributed by atoms with van der Waals surface area (Å²) in [5.41, 5.74) is -0.413. The van der Waals surface area contributed by atoms with E-state index < -0.39 is 22.8 Å². The number of nitrogens with one attached hydrogen (secondary N) is 1. The van der Waals surface area contributed by atoms with Crippen LogP contribution in [0, 0.1) is 6.92 Å². The van der Waals surface area contributed by atoms with E-state index in [9.17, 15) is 22.8 Å². The van der Waals surface area contributed by atoms with Crippen molar-refractivity contribution >= 4 is 29.5 Å². The number of halogens is 4. The summed E-state index contributed by atoms with van der Waals surface area (Å²) in [4.78, 5) is 24.1. The summed E-state index contributed by atoms with van der Waals surface area (Å²) in [5.74, 6) is 0.167. The Morgan fingerprint density at radius 3 is 2.58 bits per heavy atom. The first kappa shape index (κ1) is 20.7. The van der Waals surface area contributed by atoms with E-state index in [0.29, 0.717) is 17.8 Å². The molecule has 0 bridgehead atoms. The zero-order valence-corrected chi connectivity index (χ0v) is 16.5. The summed E-state index contributed by atoms with van der Waals surface area (Å²) >= 11 is 5.80. The van der Waals surface area contributed by atoms with Gasteiger partial charge in [0.2, 0.25) is 6.79 Å². The number of aromatic nitrogens is 2. The molecule has 1 N–H and O–H groups in total. The molecule has 1 amide bonds. The van der Waals surface area contributed by atoms with Crippen LogP contribution in [-0.4, -0.2) is 28.8 Å². The first-order chi connectivity index (χ1) is 14.7. The highest BCUT2D eigenvalue weighted by Crippen LogP contribution is 2.37. The molecule has 0 spiro atoms. The Bertz CT molecular complexity index is 1210. The van der Waals surface area contributed by atoms with Gasteiger partial charge in [-0.1, -0.05) is 17.7 Å². The minimum absolute atomic E-state index is 0.00122. The molecule has 1 aromatic heterocycles. The number of aldehydes is 1. The molecule has 3 aromatic rings. The average Bonchev–Trinajstić information content (AvgIpc) is 3.31. The number of rotatable bonds is 4. The number of anilines is 1. The van der Waals surface area contributed by atoms with E-state index in [-0.39, 0.29) is 35.0 Å². The van der Waals surface area contributed by atoms with Gasteiger partial charge in [0.05, 0.1) is 22.1 Å². The minimum atomic E-state index is -4.72. The summed E-state index contributed by atoms with van der Waals surface area (Å²) in [6.45, 7) is 1.39. The zero-order valence-electron chi connectivity index (χ0n) is 15.8. The quantitative estimate of drug-likeness (QED) is 0.584. The second-order valence-electron chi connectivity index (χ2n) is 6.57. The molecule has 0 saturated carbocycles. The van der Waals surface area contributed by atoms with Gasteiger partial charge in [-0.15, -0.1) is 0 Å². The first-order valence-electron chi connectivity index (χ1n) is 8.82. The molecule has 4 rings (SSSR count). The lowest BCUT2D eigenvalue weighted by Crippen LogP contribution is -2.14. The van der Waals surface area contributed by atoms with Crippen LogP contribution in [0.15, 0.2) is 36.4 Å². The van der Waals surface area contributed by atoms with E-state index in [2.05, 4.69) is 10.4 Å². The number of hydrogen-bond donors (Lipinski definition) is 1. The standard InChI is InChI=1S/C20H13ClF3N3O4/c1-10-17(21)18(20(22,23)24)26-27(10)13-4-2-3-11(5-13)19(29)25-14-7-16-15(30-9-31-16)6-12(14)8-28/h2-8H,9H2,1H3,(H,25,29). The van der Waals surface area contributed by atoms with Gasteiger partial charge in [-0.25, -0.2) is 4.68 Å². The Labute approximate surface area is 178 Å². The fraction of sp³-hybridized carbons (Fsp3) is 0.150. The number of ether oxygens (including phenoxy) is 2. The van der Waals surface area contributed by atoms with E-state index in [1.807, 2.05) is 0 Å². The molecular formula is C20H13ClF3N3O4. The Morgan fingerprint density at radius 1 is 1.23 bits per heavy atom. The third kappa shape index (κ3) is 3.81. The smallest absolute Gasteiger partial charge is 0.436 e. The molecule has 1 aliphatic heterocycles. The fourth-order valence-electron chi connectivity index (χ4n) is 3.05. The van der Waals surface area contributed by atoms with Crippen LogP contribution in [0.25, 0.3) is 5.69 Å². The van der Waals surface area contributed by atoms with E-state index in [1.54, 1.807) is 0 Å². The molecule has 1 aliphatic rings. The van der Waals surface area contributed by atoms with E-state index in [0.717, 1.165) is 4.68 Å². The third-order valence-electron chi connectivity index (χ3n) is 4.58. The lowest BCUT2D eigenvalue weighted by atomic mass is 10.1. The maximum atomic E-state index is 13.1. The van der Waals surface area contributed by atoms with Crippen molar-refractivity contribution in [3.8, 4) is 17.2 Å². The third-order valence-corrected chi connectivity index (χ3v) is 5.04. The first-order valence-corrected chi connectivity index (χ1v) is 9.19. The van der Waals surface area contributed by atoms with Gasteiger partial charge in [-0.05, 0) is 31.2 Å². The Morgan fingerprint density at radius 2 is 1.94 bits per heavy atom. The second kappa shape index (κ2) is 7.62. The van der Waals surface area contributed by atoms with Gasteiger partial charge >= 0.3 is 6.18 Å². The maximum absolute atomic E-state index is 13.1. The van der Waals surface area contributed by atoms with Gasteiger partial charge in [0.15, 0.2) is 23.5 Å². The molecule has 0 unspecified atom stereocenters. The van der Waals surface area contributed by atoms with Gasteiger partial charge in [0, 0.05) is 17.2 Å². The van der Waals surface area contributed by atoms with Crippen molar-refractivity contribution in [1.29, 1.82) is 0 Å². The van der Waals surface area contributed by atoms with Crippen LogP contribution in [-0.2, 0) is 6.18 Å². The van der Waals surface area contributed by atoms with Gasteiger partial charge in [0.1, 0.15) is 0 Å². The van der Waals surface area contributed by atoms with Gasteiger partial charge in [-0.2, -0.15) is 18.3 Å². The number of benzene rings is 2. The molecule has 0 radical (unpaired) electrons. The van der Waals surface area contributed by atoms with Crippen LogP contribution in [0.2, 0.25) is 5.02 Å². The summed E-state index contributed by atoms with van der Waals surface area (Å²) in [6, 6.07) is 8.71. The summed E-state index contributed by atoms with van der Waals surface area (Å²) < 4.78 is 50.8. The number of hydrogen-bond acceptors (Lipinski definition) is 5. The number of nitrogens with zero attached hydrogens (tertiary/aromatic N) is 2. The molecule has 0 saturated heterocycles. The van der Waals surface area contributed by atoms with E-state index in [1.165, 1.54) is 43.3 Å². The van der Waals surface area contributed by atoms with Gasteiger partial charge < -0.3 is 14.8 Å². The zero-order chi connectivity index (χ0) is 22.3. The molecule has 0 atom stereocenters. The molecule has 7 nitrogen and oxygen atoms in total. The van der Waals surface area contributed by atoms with Crippen LogP contribution in [0.1, 0.15) is 32.1 Å². The number of carbonyl (C=O) groups excluding carboxylic acids is 2. The van der Waals surface area contributed by atoms with Crippen molar-refractivity contribution in [2.24, 2.45) is 0 Å². The van der Waals surface area contributed by atoms with Crippen molar-refractivity contribution < 1.29 is 32.2 Å². The fourth-order valence-corrected chi connectivity index (χ4v) is 3.28. The molecule has 160 valence electrons. The molecule has 11 heteroatoms. The predicted molar refractivity (Wildman–Crippen MR) is 104 cm³/mol. The highest BCUT2D eigenvalue weighted by atomic mass is 35.5. The van der Waals surface area contributed by atoms with Crippen LogP contribution in [0.4, 0.5) is 18.9 Å². The number of alkyl halides is 3. The lowest BCUT2D eigenvalue weighted by Gasteiger charge is -2.10. The van der Waals surface area contributed by atoms with Crippen molar-refractivity contribution in [3.05, 3.63) is 63.9 Å². The molecule has 31 heavy (non-hydrogen) atoms. The van der Waals surface area contributed by atoms with Crippen molar-refractivity contribution in [2.75, 3.05) is 12.1 Å². The summed E-state index contributed by atoms with van der Waals surface area (Å²) in [7, 11) is 0. The Balaban J connectivity index is 1.66. The number of amides is 1. The normalized spacial score (nSPS) is 12.7. The van der Waals surface area contributed by atoms with Crippen LogP contribution < -0.4 is 14.8 Å². The predicted octanol–water partition coefficient (Wildman–Crippen LogP) is 4.65. The van der Waals surface area contributed by atoms with Crippen molar-refractivity contribution in [2.45, 2.75) is 13.1 Å². The van der Waals surface area contributed by atoms with Crippen molar-refractivity contribution in [3.63, 3.8) is 0 Å². The molecule has 2 aromatic carbocycles.